The predicted octanol–water partition coefficient (Wildman–Crippen LogP) is 2.18. The van der Waals surface area contributed by atoms with E-state index in [2.05, 4.69) is 23.6 Å². The first-order valence-corrected chi connectivity index (χ1v) is 13.4. The van der Waals surface area contributed by atoms with Crippen molar-refractivity contribution in [2.75, 3.05) is 32.7 Å². The monoisotopic (exact) mass is 544 g/mol. The van der Waals surface area contributed by atoms with Gasteiger partial charge in [-0.2, -0.15) is 0 Å². The van der Waals surface area contributed by atoms with Crippen LogP contribution in [-0.2, 0) is 33.8 Å². The summed E-state index contributed by atoms with van der Waals surface area (Å²) in [5, 5.41) is 16.9. The topological polar surface area (TPSA) is 102 Å². The highest BCUT2D eigenvalue weighted by molar-refractivity contribution is 6.00. The van der Waals surface area contributed by atoms with Crippen LogP contribution in [0.25, 0.3) is 0 Å². The van der Waals surface area contributed by atoms with Crippen molar-refractivity contribution in [3.8, 4) is 0 Å². The normalized spacial score (nSPS) is 15.9. The fourth-order valence-corrected chi connectivity index (χ4v) is 4.61. The molecule has 2 atom stereocenters. The van der Waals surface area contributed by atoms with Crippen LogP contribution in [0.1, 0.15) is 43.4 Å². The number of aliphatic hydroxyl groups is 1. The first kappa shape index (κ1) is 30.3. The molecule has 0 unspecified atom stereocenters. The zero-order valence-electron chi connectivity index (χ0n) is 22.6. The minimum absolute atomic E-state index is 0.0166. The lowest BCUT2D eigenvalue weighted by molar-refractivity contribution is -0.151. The van der Waals surface area contributed by atoms with Gasteiger partial charge in [0.2, 0.25) is 17.7 Å². The predicted molar refractivity (Wildman–Crippen MR) is 144 cm³/mol. The van der Waals surface area contributed by atoms with E-state index in [1.54, 1.807) is 0 Å². The number of benzene rings is 2. The molecule has 0 radical (unpaired) electrons. The van der Waals surface area contributed by atoms with Crippen LogP contribution in [0, 0.1) is 11.6 Å². The zero-order chi connectivity index (χ0) is 28.4. The van der Waals surface area contributed by atoms with Gasteiger partial charge in [-0.05, 0) is 48.1 Å². The number of nitrogens with zero attached hydrogens (tertiary/aromatic N) is 2. The Balaban J connectivity index is 1.63. The van der Waals surface area contributed by atoms with E-state index in [4.69, 9.17) is 0 Å². The van der Waals surface area contributed by atoms with Crippen LogP contribution < -0.4 is 10.6 Å². The molecule has 2 aromatic carbocycles. The van der Waals surface area contributed by atoms with Crippen LogP contribution in [0.15, 0.2) is 42.5 Å². The summed E-state index contributed by atoms with van der Waals surface area (Å²) < 4.78 is 27.6. The summed E-state index contributed by atoms with van der Waals surface area (Å²) in [7, 11) is 0. The molecule has 3 rings (SSSR count). The molecule has 0 aromatic heterocycles. The third-order valence-electron chi connectivity index (χ3n) is 6.69. The maximum atomic E-state index is 13.8. The maximum Gasteiger partial charge on any atom is 0.243 e. The van der Waals surface area contributed by atoms with Gasteiger partial charge in [-0.25, -0.2) is 8.78 Å². The Kier molecular flexibility index (Phi) is 11.5. The summed E-state index contributed by atoms with van der Waals surface area (Å²) in [5.74, 6) is -2.71. The molecule has 0 bridgehead atoms. The number of hydrogen-bond donors (Lipinski definition) is 3. The average Bonchev–Trinajstić information content (AvgIpc) is 2.87. The van der Waals surface area contributed by atoms with E-state index in [1.165, 1.54) is 15.4 Å². The lowest BCUT2D eigenvalue weighted by atomic mass is 10.0. The Bertz CT molecular complexity index is 1110. The first-order chi connectivity index (χ1) is 18.7. The van der Waals surface area contributed by atoms with Gasteiger partial charge in [0.1, 0.15) is 11.6 Å². The lowest BCUT2D eigenvalue weighted by Gasteiger charge is -2.33. The van der Waals surface area contributed by atoms with Crippen molar-refractivity contribution >= 4 is 17.7 Å². The third-order valence-corrected chi connectivity index (χ3v) is 6.69. The summed E-state index contributed by atoms with van der Waals surface area (Å²) in [4.78, 5) is 40.4. The molecular formula is C29H38F2N4O4. The summed E-state index contributed by atoms with van der Waals surface area (Å²) in [6.45, 7) is 4.65. The Hall–Kier alpha value is -3.21. The number of hydrogen-bond acceptors (Lipinski definition) is 6. The zero-order valence-corrected chi connectivity index (χ0v) is 22.6. The van der Waals surface area contributed by atoms with E-state index in [9.17, 15) is 28.3 Å². The number of amides is 3. The molecule has 212 valence electrons. The summed E-state index contributed by atoms with van der Waals surface area (Å²) in [6.07, 6.45) is 1.37. The van der Waals surface area contributed by atoms with Crippen LogP contribution in [0.5, 0.6) is 0 Å². The van der Waals surface area contributed by atoms with E-state index in [1.807, 2.05) is 25.1 Å². The van der Waals surface area contributed by atoms with Gasteiger partial charge in [-0.3, -0.25) is 24.2 Å². The number of halogens is 2. The van der Waals surface area contributed by atoms with E-state index >= 15 is 0 Å². The summed E-state index contributed by atoms with van der Waals surface area (Å²) in [5.41, 5.74) is 2.51. The van der Waals surface area contributed by atoms with Gasteiger partial charge in [0, 0.05) is 25.7 Å². The molecular weight excluding hydrogens is 506 g/mol. The highest BCUT2D eigenvalue weighted by Gasteiger charge is 2.32. The molecule has 1 fully saturated rings. The van der Waals surface area contributed by atoms with Gasteiger partial charge < -0.3 is 15.7 Å². The van der Waals surface area contributed by atoms with E-state index in [0.29, 0.717) is 13.1 Å². The molecule has 1 heterocycles. The van der Waals surface area contributed by atoms with E-state index < -0.39 is 29.7 Å². The number of unbranched alkanes of at least 4 members (excludes halogenated alkanes) is 1. The SMILES string of the molecule is CCCCN1C(=O)CN(CC(=O)N[C@@H](Cc2cc(F)cc(F)c2)[C@@H](O)CNCc2cccc(CC)c2)CC1=O. The van der Waals surface area contributed by atoms with E-state index in [0.717, 1.165) is 43.0 Å². The molecule has 0 aliphatic carbocycles. The van der Waals surface area contributed by atoms with Crippen molar-refractivity contribution in [2.24, 2.45) is 0 Å². The largest absolute Gasteiger partial charge is 0.390 e. The molecule has 3 N–H and O–H groups in total. The van der Waals surface area contributed by atoms with Gasteiger partial charge in [-0.15, -0.1) is 0 Å². The first-order valence-electron chi connectivity index (χ1n) is 13.4. The van der Waals surface area contributed by atoms with Crippen molar-refractivity contribution in [3.63, 3.8) is 0 Å². The quantitative estimate of drug-likeness (QED) is 0.315. The number of imide groups is 1. The fraction of sp³-hybridized carbons (Fsp3) is 0.483. The van der Waals surface area contributed by atoms with Crippen molar-refractivity contribution < 1.29 is 28.3 Å². The number of rotatable bonds is 14. The van der Waals surface area contributed by atoms with Crippen LogP contribution >= 0.6 is 0 Å². The number of carbonyl (C=O) groups excluding carboxylic acids is 3. The maximum absolute atomic E-state index is 13.8. The molecule has 1 saturated heterocycles. The number of aliphatic hydroxyl groups excluding tert-OH is 1. The standard InChI is InChI=1S/C29H38F2N4O4/c1-3-5-9-35-28(38)18-34(19-29(35)39)17-27(37)33-25(13-22-11-23(30)14-24(31)12-22)26(36)16-32-15-21-8-6-7-20(4-2)10-21/h6-8,10-12,14,25-26,32,36H,3-5,9,13,15-19H2,1-2H3,(H,33,37)/t25-,26-/m0/s1. The van der Waals surface area contributed by atoms with E-state index in [-0.39, 0.29) is 50.0 Å². The van der Waals surface area contributed by atoms with Gasteiger partial charge in [0.25, 0.3) is 0 Å². The van der Waals surface area contributed by atoms with Crippen molar-refractivity contribution in [1.29, 1.82) is 0 Å². The molecule has 39 heavy (non-hydrogen) atoms. The van der Waals surface area contributed by atoms with Crippen LogP contribution in [0.3, 0.4) is 0 Å². The number of piperazine rings is 1. The van der Waals surface area contributed by atoms with Gasteiger partial charge in [0.15, 0.2) is 0 Å². The van der Waals surface area contributed by atoms with Gasteiger partial charge in [-0.1, -0.05) is 44.5 Å². The van der Waals surface area contributed by atoms with Crippen molar-refractivity contribution in [1.82, 2.24) is 20.4 Å². The Morgan fingerprint density at radius 3 is 2.31 bits per heavy atom. The van der Waals surface area contributed by atoms with Crippen LogP contribution in [0.4, 0.5) is 8.78 Å². The second kappa shape index (κ2) is 14.8. The lowest BCUT2D eigenvalue weighted by Crippen LogP contribution is -2.57. The highest BCUT2D eigenvalue weighted by Crippen LogP contribution is 2.13. The molecule has 1 aliphatic heterocycles. The molecule has 0 spiro atoms. The molecule has 2 aromatic rings. The number of carbonyl (C=O) groups is 3. The number of nitrogens with one attached hydrogen (secondary N) is 2. The Labute approximate surface area is 228 Å². The Morgan fingerprint density at radius 2 is 1.67 bits per heavy atom. The molecule has 3 amide bonds. The molecule has 8 nitrogen and oxygen atoms in total. The Morgan fingerprint density at radius 1 is 1.00 bits per heavy atom. The van der Waals surface area contributed by atoms with Gasteiger partial charge >= 0.3 is 0 Å². The highest BCUT2D eigenvalue weighted by atomic mass is 19.1. The minimum Gasteiger partial charge on any atom is -0.390 e. The second-order valence-electron chi connectivity index (χ2n) is 9.97. The summed E-state index contributed by atoms with van der Waals surface area (Å²) >= 11 is 0. The average molecular weight is 545 g/mol. The summed E-state index contributed by atoms with van der Waals surface area (Å²) in [6, 6.07) is 10.2. The van der Waals surface area contributed by atoms with Crippen molar-refractivity contribution in [3.05, 3.63) is 70.8 Å². The minimum atomic E-state index is -1.08. The molecule has 10 heteroatoms. The van der Waals surface area contributed by atoms with Crippen LogP contribution in [0.2, 0.25) is 0 Å². The van der Waals surface area contributed by atoms with Gasteiger partial charge in [0.05, 0.1) is 31.8 Å². The third kappa shape index (κ3) is 9.49. The molecule has 1 aliphatic rings. The molecule has 0 saturated carbocycles. The second-order valence-corrected chi connectivity index (χ2v) is 9.97. The fourth-order valence-electron chi connectivity index (χ4n) is 4.61. The van der Waals surface area contributed by atoms with Crippen LogP contribution in [-0.4, -0.2) is 77.5 Å². The van der Waals surface area contributed by atoms with Crippen molar-refractivity contribution in [2.45, 2.75) is 58.2 Å². The number of aryl methyl sites for hydroxylation is 1. The smallest absolute Gasteiger partial charge is 0.243 e.